The van der Waals surface area contributed by atoms with Gasteiger partial charge in [0, 0.05) is 0 Å². The summed E-state index contributed by atoms with van der Waals surface area (Å²) < 4.78 is 13.9. The largest absolute Gasteiger partial charge is 0.414 e. The molecule has 240 valence electrons. The Labute approximate surface area is 262 Å². The lowest BCUT2D eigenvalue weighted by Gasteiger charge is -2.45. The Kier molecular flexibility index (Phi) is 13.2. The number of aliphatic hydroxyl groups is 1. The first kappa shape index (κ1) is 37.2. The van der Waals surface area contributed by atoms with Crippen LogP contribution in [0, 0.1) is 5.92 Å². The van der Waals surface area contributed by atoms with Crippen molar-refractivity contribution in [3.05, 3.63) is 59.2 Å². The SMILES string of the molecule is C[C@H](CCC/C=C/C=C1C[C@@H](O[Si](C)(C)C(C)(C)C)C[C@@H](O[Si](C)(C)C(C)(C)C)C1)CCc1ccccc1C(C)(C)O. The number of rotatable bonds is 13. The summed E-state index contributed by atoms with van der Waals surface area (Å²) in [4.78, 5) is 0. The minimum Gasteiger partial charge on any atom is -0.414 e. The monoisotopic (exact) mass is 614 g/mol. The minimum atomic E-state index is -1.85. The molecule has 0 bridgehead atoms. The fourth-order valence-electron chi connectivity index (χ4n) is 5.40. The maximum absolute atomic E-state index is 10.5. The van der Waals surface area contributed by atoms with Crippen molar-refractivity contribution in [3.63, 3.8) is 0 Å². The van der Waals surface area contributed by atoms with Crippen LogP contribution in [0.4, 0.5) is 0 Å². The molecule has 0 amide bonds. The van der Waals surface area contributed by atoms with Gasteiger partial charge in [-0.2, -0.15) is 0 Å². The highest BCUT2D eigenvalue weighted by Crippen LogP contribution is 2.43. The zero-order chi connectivity index (χ0) is 32.0. The third-order valence-electron chi connectivity index (χ3n) is 10.2. The number of unbranched alkanes of at least 4 members (excludes halogenated alkanes) is 1. The van der Waals surface area contributed by atoms with Crippen molar-refractivity contribution in [2.45, 2.75) is 168 Å². The van der Waals surface area contributed by atoms with Crippen LogP contribution in [0.3, 0.4) is 0 Å². The molecule has 1 aliphatic carbocycles. The van der Waals surface area contributed by atoms with Crippen molar-refractivity contribution in [1.82, 2.24) is 0 Å². The van der Waals surface area contributed by atoms with E-state index >= 15 is 0 Å². The molecule has 0 unspecified atom stereocenters. The van der Waals surface area contributed by atoms with Gasteiger partial charge in [0.2, 0.25) is 0 Å². The van der Waals surface area contributed by atoms with Crippen LogP contribution in [0.2, 0.25) is 36.3 Å². The molecule has 1 fully saturated rings. The number of benzene rings is 1. The number of hydrogen-bond acceptors (Lipinski definition) is 3. The average Bonchev–Trinajstić information content (AvgIpc) is 2.82. The Balaban J connectivity index is 1.96. The zero-order valence-electron chi connectivity index (χ0n) is 29.7. The van der Waals surface area contributed by atoms with Crippen molar-refractivity contribution >= 4 is 16.6 Å². The van der Waals surface area contributed by atoms with Gasteiger partial charge in [-0.3, -0.25) is 0 Å². The first-order valence-electron chi connectivity index (χ1n) is 16.6. The lowest BCUT2D eigenvalue weighted by Crippen LogP contribution is -2.48. The van der Waals surface area contributed by atoms with Gasteiger partial charge in [-0.1, -0.05) is 103 Å². The second-order valence-corrected chi connectivity index (χ2v) is 26.2. The molecule has 0 heterocycles. The van der Waals surface area contributed by atoms with E-state index in [1.54, 1.807) is 0 Å². The smallest absolute Gasteiger partial charge is 0.192 e. The van der Waals surface area contributed by atoms with Crippen molar-refractivity contribution in [1.29, 1.82) is 0 Å². The second kappa shape index (κ2) is 14.9. The zero-order valence-corrected chi connectivity index (χ0v) is 31.7. The Bertz CT molecular complexity index is 996. The molecular formula is C37H66O3Si2. The Morgan fingerprint density at radius 3 is 1.88 bits per heavy atom. The topological polar surface area (TPSA) is 38.7 Å². The van der Waals surface area contributed by atoms with Gasteiger partial charge in [0.25, 0.3) is 0 Å². The van der Waals surface area contributed by atoms with E-state index < -0.39 is 22.2 Å². The van der Waals surface area contributed by atoms with Crippen molar-refractivity contribution in [3.8, 4) is 0 Å². The molecule has 3 nitrogen and oxygen atoms in total. The predicted octanol–water partition coefficient (Wildman–Crippen LogP) is 11.1. The average molecular weight is 615 g/mol. The van der Waals surface area contributed by atoms with E-state index in [-0.39, 0.29) is 22.3 Å². The van der Waals surface area contributed by atoms with Gasteiger partial charge < -0.3 is 14.0 Å². The summed E-state index contributed by atoms with van der Waals surface area (Å²) in [6.45, 7) is 29.6. The van der Waals surface area contributed by atoms with Gasteiger partial charge in [-0.15, -0.1) is 0 Å². The maximum atomic E-state index is 10.5. The molecule has 1 aliphatic rings. The highest BCUT2D eigenvalue weighted by Gasteiger charge is 2.43. The normalized spacial score (nSPS) is 21.3. The Hall–Kier alpha value is -0.986. The van der Waals surface area contributed by atoms with Gasteiger partial charge in [-0.25, -0.2) is 0 Å². The summed E-state index contributed by atoms with van der Waals surface area (Å²) in [6.07, 6.45) is 16.3. The Morgan fingerprint density at radius 2 is 1.38 bits per heavy atom. The molecule has 2 rings (SSSR count). The molecule has 5 heteroatoms. The molecule has 0 saturated heterocycles. The van der Waals surface area contributed by atoms with Gasteiger partial charge in [-0.05, 0) is 112 Å². The number of aryl methyl sites for hydroxylation is 1. The first-order chi connectivity index (χ1) is 19.1. The summed E-state index contributed by atoms with van der Waals surface area (Å²) in [6, 6.07) is 8.35. The molecule has 1 aromatic carbocycles. The van der Waals surface area contributed by atoms with E-state index in [0.717, 1.165) is 44.1 Å². The second-order valence-electron chi connectivity index (χ2n) is 16.7. The number of allylic oxidation sites excluding steroid dienone is 3. The first-order valence-corrected chi connectivity index (χ1v) is 22.4. The van der Waals surface area contributed by atoms with Crippen LogP contribution in [0.5, 0.6) is 0 Å². The maximum Gasteiger partial charge on any atom is 0.192 e. The molecule has 0 spiro atoms. The molecular weight excluding hydrogens is 549 g/mol. The fraction of sp³-hybridized carbons (Fsp3) is 0.730. The quantitative estimate of drug-likeness (QED) is 0.177. The van der Waals surface area contributed by atoms with Crippen LogP contribution in [0.1, 0.15) is 118 Å². The predicted molar refractivity (Wildman–Crippen MR) is 188 cm³/mol. The highest BCUT2D eigenvalue weighted by molar-refractivity contribution is 6.74. The molecule has 0 aromatic heterocycles. The fourth-order valence-corrected chi connectivity index (χ4v) is 8.13. The van der Waals surface area contributed by atoms with Crippen LogP contribution in [-0.2, 0) is 20.9 Å². The minimum absolute atomic E-state index is 0.208. The number of hydrogen-bond donors (Lipinski definition) is 1. The van der Waals surface area contributed by atoms with E-state index in [1.165, 1.54) is 24.0 Å². The summed E-state index contributed by atoms with van der Waals surface area (Å²) >= 11 is 0. The molecule has 1 N–H and O–H groups in total. The lowest BCUT2D eigenvalue weighted by atomic mass is 9.88. The molecule has 42 heavy (non-hydrogen) atoms. The van der Waals surface area contributed by atoms with Crippen LogP contribution in [-0.4, -0.2) is 33.9 Å². The van der Waals surface area contributed by atoms with Crippen LogP contribution < -0.4 is 0 Å². The standard InChI is InChI=1S/C37H66O3Si2/c1-29(24-25-31-22-18-19-23-34(31)37(8,9)38)20-16-14-15-17-21-30-26-32(39-41(10,11)35(2,3)4)28-33(27-30)40-42(12,13)36(5,6)7/h15,17-19,21-23,29,32-33,38H,14,16,20,24-28H2,1-13H3/b17-15+,30-21?/t29-,32-,33+/m1/s1. The third-order valence-corrected chi connectivity index (χ3v) is 19.2. The van der Waals surface area contributed by atoms with E-state index in [9.17, 15) is 5.11 Å². The van der Waals surface area contributed by atoms with Crippen molar-refractivity contribution in [2.24, 2.45) is 5.92 Å². The Morgan fingerprint density at radius 1 is 0.857 bits per heavy atom. The van der Waals surface area contributed by atoms with E-state index in [2.05, 4.69) is 111 Å². The molecule has 0 aliphatic heterocycles. The molecule has 0 radical (unpaired) electrons. The lowest BCUT2D eigenvalue weighted by molar-refractivity contribution is 0.0725. The summed E-state index contributed by atoms with van der Waals surface area (Å²) in [5.41, 5.74) is 3.03. The summed E-state index contributed by atoms with van der Waals surface area (Å²) in [5, 5.41) is 10.9. The molecule has 3 atom stereocenters. The van der Waals surface area contributed by atoms with Crippen LogP contribution in [0.25, 0.3) is 0 Å². The van der Waals surface area contributed by atoms with E-state index in [1.807, 2.05) is 19.9 Å². The van der Waals surface area contributed by atoms with Crippen LogP contribution in [0.15, 0.2) is 48.1 Å². The van der Waals surface area contributed by atoms with Crippen molar-refractivity contribution in [2.75, 3.05) is 0 Å². The third kappa shape index (κ3) is 11.5. The van der Waals surface area contributed by atoms with Crippen LogP contribution >= 0.6 is 0 Å². The van der Waals surface area contributed by atoms with E-state index in [0.29, 0.717) is 5.92 Å². The molecule has 1 saturated carbocycles. The van der Waals surface area contributed by atoms with E-state index in [4.69, 9.17) is 8.85 Å². The van der Waals surface area contributed by atoms with Gasteiger partial charge in [0.1, 0.15) is 0 Å². The van der Waals surface area contributed by atoms with Gasteiger partial charge in [0.15, 0.2) is 16.6 Å². The van der Waals surface area contributed by atoms with Crippen molar-refractivity contribution < 1.29 is 14.0 Å². The summed E-state index contributed by atoms with van der Waals surface area (Å²) in [7, 11) is -3.70. The molecule has 1 aromatic rings. The van der Waals surface area contributed by atoms with Gasteiger partial charge >= 0.3 is 0 Å². The van der Waals surface area contributed by atoms with Gasteiger partial charge in [0.05, 0.1) is 17.8 Å². The highest BCUT2D eigenvalue weighted by atomic mass is 28.4. The summed E-state index contributed by atoms with van der Waals surface area (Å²) in [5.74, 6) is 0.673.